The highest BCUT2D eigenvalue weighted by atomic mass is 79.9. The molecule has 146 valence electrons. The Kier molecular flexibility index (Phi) is 7.05. The molecule has 28 heavy (non-hydrogen) atoms. The van der Waals surface area contributed by atoms with Crippen LogP contribution in [-0.4, -0.2) is 26.4 Å². The van der Waals surface area contributed by atoms with Crippen LogP contribution in [0.15, 0.2) is 58.2 Å². The van der Waals surface area contributed by atoms with Gasteiger partial charge in [-0.2, -0.15) is 0 Å². The molecule has 1 aromatic heterocycles. The van der Waals surface area contributed by atoms with Gasteiger partial charge in [-0.3, -0.25) is 4.79 Å². The number of thioether (sulfide) groups is 1. The van der Waals surface area contributed by atoms with E-state index in [4.69, 9.17) is 4.74 Å². The Labute approximate surface area is 174 Å². The summed E-state index contributed by atoms with van der Waals surface area (Å²) < 4.78 is 22.0. The third-order valence-corrected chi connectivity index (χ3v) is 5.22. The van der Waals surface area contributed by atoms with E-state index in [1.54, 1.807) is 6.07 Å². The second kappa shape index (κ2) is 9.70. The van der Waals surface area contributed by atoms with Crippen molar-refractivity contribution >= 4 is 39.3 Å². The molecule has 2 aromatic carbocycles. The average Bonchev–Trinajstić information content (AvgIpc) is 3.09. The molecule has 0 saturated carbocycles. The Morgan fingerprint density at radius 3 is 2.75 bits per heavy atom. The van der Waals surface area contributed by atoms with E-state index in [2.05, 4.69) is 31.4 Å². The third-order valence-electron chi connectivity index (χ3n) is 3.76. The second-order valence-corrected chi connectivity index (χ2v) is 7.56. The molecule has 0 unspecified atom stereocenters. The van der Waals surface area contributed by atoms with Crippen LogP contribution in [0.3, 0.4) is 0 Å². The number of carbonyl (C=O) groups is 1. The van der Waals surface area contributed by atoms with E-state index in [0.717, 1.165) is 5.75 Å². The van der Waals surface area contributed by atoms with Gasteiger partial charge in [-0.05, 0) is 37.3 Å². The first-order valence-corrected chi connectivity index (χ1v) is 10.3. The van der Waals surface area contributed by atoms with Gasteiger partial charge in [0.25, 0.3) is 0 Å². The van der Waals surface area contributed by atoms with Crippen LogP contribution in [0, 0.1) is 5.82 Å². The fraction of sp³-hybridized carbons (Fsp3) is 0.211. The van der Waals surface area contributed by atoms with Gasteiger partial charge in [-0.25, -0.2) is 4.39 Å². The number of nitrogens with one attached hydrogen (secondary N) is 1. The lowest BCUT2D eigenvalue weighted by atomic mass is 10.3. The summed E-state index contributed by atoms with van der Waals surface area (Å²) in [4.78, 5) is 12.1. The number of benzene rings is 2. The molecule has 0 aliphatic heterocycles. The molecule has 0 radical (unpaired) electrons. The Hall–Kier alpha value is -2.39. The molecule has 1 N–H and O–H groups in total. The molecule has 1 heterocycles. The van der Waals surface area contributed by atoms with Crippen LogP contribution in [0.1, 0.15) is 12.7 Å². The largest absolute Gasteiger partial charge is 0.486 e. The summed E-state index contributed by atoms with van der Waals surface area (Å²) in [6.45, 7) is 2.89. The number of anilines is 1. The Balaban J connectivity index is 1.58. The Morgan fingerprint density at radius 2 is 2.04 bits per heavy atom. The minimum absolute atomic E-state index is 0.0905. The van der Waals surface area contributed by atoms with Gasteiger partial charge >= 0.3 is 0 Å². The molecule has 3 aromatic rings. The topological polar surface area (TPSA) is 69.0 Å². The first kappa shape index (κ1) is 20.3. The van der Waals surface area contributed by atoms with Gasteiger partial charge in [0.05, 0.1) is 11.4 Å². The summed E-state index contributed by atoms with van der Waals surface area (Å²) in [5.74, 6) is 0.697. The minimum Gasteiger partial charge on any atom is -0.486 e. The lowest BCUT2D eigenvalue weighted by molar-refractivity contribution is -0.113. The molecule has 3 rings (SSSR count). The molecule has 0 fully saturated rings. The fourth-order valence-corrected chi connectivity index (χ4v) is 3.58. The van der Waals surface area contributed by atoms with Crippen molar-refractivity contribution in [2.24, 2.45) is 0 Å². The maximum Gasteiger partial charge on any atom is 0.234 e. The van der Waals surface area contributed by atoms with Crippen molar-refractivity contribution in [1.29, 1.82) is 0 Å². The van der Waals surface area contributed by atoms with E-state index < -0.39 is 5.82 Å². The lowest BCUT2D eigenvalue weighted by Crippen LogP contribution is -2.15. The van der Waals surface area contributed by atoms with Crippen molar-refractivity contribution in [1.82, 2.24) is 14.8 Å². The summed E-state index contributed by atoms with van der Waals surface area (Å²) in [6.07, 6.45) is 0. The Morgan fingerprint density at radius 1 is 1.25 bits per heavy atom. The standard InChI is InChI=1S/C19H18BrFN4O2S/c1-2-25-17(11-27-14-6-4-3-5-7-14)23-24-19(25)28-12-18(26)22-16-9-8-13(20)10-15(16)21/h3-10H,2,11-12H2,1H3,(H,22,26). The predicted molar refractivity (Wildman–Crippen MR) is 110 cm³/mol. The van der Waals surface area contributed by atoms with Crippen LogP contribution in [0.25, 0.3) is 0 Å². The van der Waals surface area contributed by atoms with Crippen LogP contribution < -0.4 is 10.1 Å². The highest BCUT2D eigenvalue weighted by Gasteiger charge is 2.14. The molecule has 0 aliphatic carbocycles. The Bertz CT molecular complexity index is 952. The van der Waals surface area contributed by atoms with E-state index >= 15 is 0 Å². The van der Waals surface area contributed by atoms with E-state index in [1.165, 1.54) is 23.9 Å². The van der Waals surface area contributed by atoms with Gasteiger partial charge in [0.15, 0.2) is 11.0 Å². The van der Waals surface area contributed by atoms with Crippen LogP contribution in [0.5, 0.6) is 5.75 Å². The second-order valence-electron chi connectivity index (χ2n) is 5.71. The van der Waals surface area contributed by atoms with Gasteiger partial charge in [-0.15, -0.1) is 10.2 Å². The van der Waals surface area contributed by atoms with Crippen molar-refractivity contribution in [3.8, 4) is 5.75 Å². The first-order valence-electron chi connectivity index (χ1n) is 8.54. The lowest BCUT2D eigenvalue weighted by Gasteiger charge is -2.09. The van der Waals surface area contributed by atoms with Crippen LogP contribution in [0.4, 0.5) is 10.1 Å². The number of halogens is 2. The number of rotatable bonds is 8. The molecule has 0 atom stereocenters. The molecule has 0 bridgehead atoms. The smallest absolute Gasteiger partial charge is 0.234 e. The SMILES string of the molecule is CCn1c(COc2ccccc2)nnc1SCC(=O)Nc1ccc(Br)cc1F. The number of para-hydroxylation sites is 1. The number of nitrogens with zero attached hydrogens (tertiary/aromatic N) is 3. The molecule has 0 saturated heterocycles. The van der Waals surface area contributed by atoms with Gasteiger partial charge in [-0.1, -0.05) is 45.9 Å². The minimum atomic E-state index is -0.496. The number of aromatic nitrogens is 3. The van der Waals surface area contributed by atoms with Crippen LogP contribution >= 0.6 is 27.7 Å². The molecule has 6 nitrogen and oxygen atoms in total. The van der Waals surface area contributed by atoms with E-state index in [1.807, 2.05) is 41.8 Å². The zero-order valence-corrected chi connectivity index (χ0v) is 17.5. The van der Waals surface area contributed by atoms with Crippen molar-refractivity contribution in [3.63, 3.8) is 0 Å². The zero-order chi connectivity index (χ0) is 19.9. The highest BCUT2D eigenvalue weighted by Crippen LogP contribution is 2.21. The summed E-state index contributed by atoms with van der Waals surface area (Å²) in [7, 11) is 0. The van der Waals surface area contributed by atoms with Crippen molar-refractivity contribution in [2.45, 2.75) is 25.2 Å². The summed E-state index contributed by atoms with van der Waals surface area (Å²) in [5.41, 5.74) is 0.141. The summed E-state index contributed by atoms with van der Waals surface area (Å²) >= 11 is 4.43. The van der Waals surface area contributed by atoms with Crippen LogP contribution in [0.2, 0.25) is 0 Å². The number of hydrogen-bond acceptors (Lipinski definition) is 5. The molecular weight excluding hydrogens is 447 g/mol. The van der Waals surface area contributed by atoms with Crippen molar-refractivity contribution in [3.05, 3.63) is 64.6 Å². The maximum absolute atomic E-state index is 13.8. The average molecular weight is 465 g/mol. The number of carbonyl (C=O) groups excluding carboxylic acids is 1. The predicted octanol–water partition coefficient (Wildman–Crippen LogP) is 4.51. The van der Waals surface area contributed by atoms with E-state index in [-0.39, 0.29) is 24.0 Å². The highest BCUT2D eigenvalue weighted by molar-refractivity contribution is 9.10. The van der Waals surface area contributed by atoms with Gasteiger partial charge < -0.3 is 14.6 Å². The van der Waals surface area contributed by atoms with Gasteiger partial charge in [0, 0.05) is 11.0 Å². The number of amides is 1. The first-order chi connectivity index (χ1) is 13.6. The molecule has 0 spiro atoms. The summed E-state index contributed by atoms with van der Waals surface area (Å²) in [6, 6.07) is 13.9. The quantitative estimate of drug-likeness (QED) is 0.496. The number of ether oxygens (including phenoxy) is 1. The molecule has 1 amide bonds. The van der Waals surface area contributed by atoms with Crippen molar-refractivity contribution < 1.29 is 13.9 Å². The summed E-state index contributed by atoms with van der Waals surface area (Å²) in [5, 5.41) is 11.5. The fourth-order valence-electron chi connectivity index (χ4n) is 2.42. The van der Waals surface area contributed by atoms with E-state index in [0.29, 0.717) is 22.0 Å². The van der Waals surface area contributed by atoms with Crippen LogP contribution in [-0.2, 0) is 17.9 Å². The van der Waals surface area contributed by atoms with Gasteiger partial charge in [0.2, 0.25) is 5.91 Å². The molecular formula is C19H18BrFN4O2S. The maximum atomic E-state index is 13.8. The molecule has 0 aliphatic rings. The number of hydrogen-bond donors (Lipinski definition) is 1. The van der Waals surface area contributed by atoms with Gasteiger partial charge in [0.1, 0.15) is 18.2 Å². The normalized spacial score (nSPS) is 10.7. The zero-order valence-electron chi connectivity index (χ0n) is 15.1. The monoisotopic (exact) mass is 464 g/mol. The third kappa shape index (κ3) is 5.32. The molecule has 9 heteroatoms. The van der Waals surface area contributed by atoms with E-state index in [9.17, 15) is 9.18 Å². The van der Waals surface area contributed by atoms with Crippen molar-refractivity contribution in [2.75, 3.05) is 11.1 Å².